The fourth-order valence-corrected chi connectivity index (χ4v) is 3.75. The third-order valence-electron chi connectivity index (χ3n) is 5.37. The number of fused-ring (bicyclic) bond motifs is 1. The molecule has 0 radical (unpaired) electrons. The minimum atomic E-state index is -2.51. The van der Waals surface area contributed by atoms with E-state index in [4.69, 9.17) is 4.98 Å². The summed E-state index contributed by atoms with van der Waals surface area (Å²) in [6.45, 7) is 4.55. The Morgan fingerprint density at radius 2 is 2.08 bits per heavy atom. The van der Waals surface area contributed by atoms with Crippen molar-refractivity contribution in [3.05, 3.63) is 48.3 Å². The Bertz CT molecular complexity index is 932. The van der Waals surface area contributed by atoms with Crippen LogP contribution in [0, 0.1) is 5.41 Å². The van der Waals surface area contributed by atoms with Crippen LogP contribution in [0.2, 0.25) is 0 Å². The highest BCUT2D eigenvalue weighted by Gasteiger charge is 2.34. The molecule has 1 saturated carbocycles. The van der Waals surface area contributed by atoms with Gasteiger partial charge in [0.1, 0.15) is 11.5 Å². The summed E-state index contributed by atoms with van der Waals surface area (Å²) in [6.07, 6.45) is 4.15. The topological polar surface area (TPSA) is 42.2 Å². The van der Waals surface area contributed by atoms with Crippen molar-refractivity contribution in [3.63, 3.8) is 0 Å². The molecule has 3 aromatic rings. The first-order chi connectivity index (χ1) is 12.4. The molecular formula is C20H22F2N4. The van der Waals surface area contributed by atoms with E-state index >= 15 is 0 Å². The van der Waals surface area contributed by atoms with E-state index in [-0.39, 0.29) is 11.0 Å². The van der Waals surface area contributed by atoms with E-state index in [1.165, 1.54) is 25.1 Å². The van der Waals surface area contributed by atoms with Gasteiger partial charge in [0.25, 0.3) is 6.43 Å². The Morgan fingerprint density at radius 3 is 2.81 bits per heavy atom. The Morgan fingerprint density at radius 1 is 1.23 bits per heavy atom. The average molecular weight is 356 g/mol. The lowest BCUT2D eigenvalue weighted by molar-refractivity contribution is 0.151. The zero-order valence-corrected chi connectivity index (χ0v) is 14.9. The number of rotatable bonds is 4. The first-order valence-corrected chi connectivity index (χ1v) is 8.93. The second-order valence-corrected chi connectivity index (χ2v) is 7.62. The highest BCUT2D eigenvalue weighted by Crippen LogP contribution is 2.39. The van der Waals surface area contributed by atoms with E-state index in [1.54, 1.807) is 16.7 Å². The molecule has 4 rings (SSSR count). The van der Waals surface area contributed by atoms with E-state index < -0.39 is 6.43 Å². The van der Waals surface area contributed by atoms with Gasteiger partial charge in [-0.15, -0.1) is 0 Å². The molecule has 0 aromatic carbocycles. The lowest BCUT2D eigenvalue weighted by Crippen LogP contribution is -2.31. The normalized spacial score (nSPS) is 19.3. The average Bonchev–Trinajstić information content (AvgIpc) is 3.18. The molecule has 1 N–H and O–H groups in total. The molecule has 1 atom stereocenters. The SMILES string of the molecule is CC1(C)CCC[C@@H]1Nc1cccc(-c2cnc3ccc(C(F)F)cn23)n1. The van der Waals surface area contributed by atoms with Gasteiger partial charge >= 0.3 is 0 Å². The molecule has 0 amide bonds. The van der Waals surface area contributed by atoms with Crippen molar-refractivity contribution in [3.8, 4) is 11.4 Å². The molecule has 0 bridgehead atoms. The van der Waals surface area contributed by atoms with Crippen LogP contribution in [0.15, 0.2) is 42.7 Å². The van der Waals surface area contributed by atoms with Crippen LogP contribution in [0.25, 0.3) is 17.0 Å². The molecule has 1 fully saturated rings. The molecule has 3 heterocycles. The molecule has 0 saturated heterocycles. The summed E-state index contributed by atoms with van der Waals surface area (Å²) in [7, 11) is 0. The van der Waals surface area contributed by atoms with E-state index in [1.807, 2.05) is 18.2 Å². The fourth-order valence-electron chi connectivity index (χ4n) is 3.75. The van der Waals surface area contributed by atoms with Crippen molar-refractivity contribution in [1.82, 2.24) is 14.4 Å². The number of nitrogens with zero attached hydrogens (tertiary/aromatic N) is 3. The van der Waals surface area contributed by atoms with Gasteiger partial charge in [-0.3, -0.25) is 4.40 Å². The maximum Gasteiger partial charge on any atom is 0.265 e. The molecule has 26 heavy (non-hydrogen) atoms. The first-order valence-electron chi connectivity index (χ1n) is 8.93. The van der Waals surface area contributed by atoms with Crippen molar-refractivity contribution in [2.24, 2.45) is 5.41 Å². The molecule has 1 aliphatic rings. The lowest BCUT2D eigenvalue weighted by atomic mass is 9.87. The van der Waals surface area contributed by atoms with Gasteiger partial charge in [0.2, 0.25) is 0 Å². The number of aromatic nitrogens is 3. The number of alkyl halides is 2. The minimum Gasteiger partial charge on any atom is -0.367 e. The molecule has 6 heteroatoms. The van der Waals surface area contributed by atoms with Crippen LogP contribution in [0.4, 0.5) is 14.6 Å². The molecule has 0 spiro atoms. The molecule has 136 valence electrons. The highest BCUT2D eigenvalue weighted by atomic mass is 19.3. The van der Waals surface area contributed by atoms with E-state index in [9.17, 15) is 8.78 Å². The van der Waals surface area contributed by atoms with Gasteiger partial charge in [0.05, 0.1) is 17.6 Å². The van der Waals surface area contributed by atoms with Crippen molar-refractivity contribution in [1.29, 1.82) is 0 Å². The number of halogens is 2. The molecule has 0 aliphatic heterocycles. The lowest BCUT2D eigenvalue weighted by Gasteiger charge is -2.28. The molecule has 0 unspecified atom stereocenters. The van der Waals surface area contributed by atoms with Crippen molar-refractivity contribution < 1.29 is 8.78 Å². The minimum absolute atomic E-state index is 0.0289. The Labute approximate surface area is 151 Å². The van der Waals surface area contributed by atoms with Crippen LogP contribution in [-0.2, 0) is 0 Å². The van der Waals surface area contributed by atoms with Gasteiger partial charge in [-0.1, -0.05) is 26.3 Å². The van der Waals surface area contributed by atoms with Gasteiger partial charge in [-0.25, -0.2) is 18.7 Å². The van der Waals surface area contributed by atoms with Crippen LogP contribution < -0.4 is 5.32 Å². The van der Waals surface area contributed by atoms with E-state index in [0.717, 1.165) is 12.2 Å². The van der Waals surface area contributed by atoms with Gasteiger partial charge in [0, 0.05) is 17.8 Å². The zero-order valence-electron chi connectivity index (χ0n) is 14.9. The zero-order chi connectivity index (χ0) is 18.3. The summed E-state index contributed by atoms with van der Waals surface area (Å²) in [5, 5.41) is 3.55. The standard InChI is InChI=1S/C20H22F2N4/c1-20(2)10-4-6-16(20)25-17-7-3-5-14(24-17)15-11-23-18-9-8-13(19(21)22)12-26(15)18/h3,5,7-9,11-12,16,19H,4,6,10H2,1-2H3,(H,24,25)/t16-/m0/s1. The largest absolute Gasteiger partial charge is 0.367 e. The highest BCUT2D eigenvalue weighted by molar-refractivity contribution is 5.62. The molecule has 1 aliphatic carbocycles. The predicted molar refractivity (Wildman–Crippen MR) is 98.4 cm³/mol. The Kier molecular flexibility index (Phi) is 4.13. The van der Waals surface area contributed by atoms with Crippen molar-refractivity contribution in [2.45, 2.75) is 45.6 Å². The van der Waals surface area contributed by atoms with Crippen molar-refractivity contribution >= 4 is 11.5 Å². The number of imidazole rings is 1. The summed E-state index contributed by atoms with van der Waals surface area (Å²) in [6, 6.07) is 9.16. The summed E-state index contributed by atoms with van der Waals surface area (Å²) in [5.41, 5.74) is 2.26. The van der Waals surface area contributed by atoms with Gasteiger partial charge in [0.15, 0.2) is 0 Å². The third-order valence-corrected chi connectivity index (χ3v) is 5.37. The summed E-state index contributed by atoms with van der Waals surface area (Å²) >= 11 is 0. The Balaban J connectivity index is 1.68. The van der Waals surface area contributed by atoms with Crippen LogP contribution in [0.3, 0.4) is 0 Å². The molecule has 3 aromatic heterocycles. The second-order valence-electron chi connectivity index (χ2n) is 7.62. The third kappa shape index (κ3) is 3.04. The van der Waals surface area contributed by atoms with Crippen LogP contribution >= 0.6 is 0 Å². The van der Waals surface area contributed by atoms with Crippen molar-refractivity contribution in [2.75, 3.05) is 5.32 Å². The maximum absolute atomic E-state index is 13.0. The first kappa shape index (κ1) is 16.9. The fraction of sp³-hybridized carbons (Fsp3) is 0.400. The number of nitrogens with one attached hydrogen (secondary N) is 1. The van der Waals surface area contributed by atoms with Crippen LogP contribution in [0.5, 0.6) is 0 Å². The molecular weight excluding hydrogens is 334 g/mol. The molecule has 4 nitrogen and oxygen atoms in total. The monoisotopic (exact) mass is 356 g/mol. The Hall–Kier alpha value is -2.50. The van der Waals surface area contributed by atoms with Crippen LogP contribution in [0.1, 0.15) is 45.1 Å². The summed E-state index contributed by atoms with van der Waals surface area (Å²) < 4.78 is 27.8. The smallest absolute Gasteiger partial charge is 0.265 e. The number of pyridine rings is 2. The van der Waals surface area contributed by atoms with E-state index in [0.29, 0.717) is 23.1 Å². The van der Waals surface area contributed by atoms with Crippen LogP contribution in [-0.4, -0.2) is 20.4 Å². The van der Waals surface area contributed by atoms with E-state index in [2.05, 4.69) is 24.1 Å². The number of anilines is 1. The number of hydrogen-bond acceptors (Lipinski definition) is 3. The number of hydrogen-bond donors (Lipinski definition) is 1. The summed E-state index contributed by atoms with van der Waals surface area (Å²) in [5.74, 6) is 0.808. The maximum atomic E-state index is 13.0. The predicted octanol–water partition coefficient (Wildman–Crippen LogP) is 5.32. The van der Waals surface area contributed by atoms with Gasteiger partial charge in [-0.2, -0.15) is 0 Å². The quantitative estimate of drug-likeness (QED) is 0.687. The summed E-state index contributed by atoms with van der Waals surface area (Å²) in [4.78, 5) is 9.02. The van der Waals surface area contributed by atoms with Gasteiger partial charge in [-0.05, 0) is 42.5 Å². The second kappa shape index (κ2) is 6.34. The van der Waals surface area contributed by atoms with Gasteiger partial charge < -0.3 is 5.32 Å².